The zero-order chi connectivity index (χ0) is 25.8. The quantitative estimate of drug-likeness (QED) is 0.189. The van der Waals surface area contributed by atoms with Crippen LogP contribution in [0.15, 0.2) is 66.7 Å². The number of carboxylic acid groups (broad SMARTS) is 1. The van der Waals surface area contributed by atoms with Gasteiger partial charge in [-0.25, -0.2) is 4.79 Å². The predicted octanol–water partition coefficient (Wildman–Crippen LogP) is 7.84. The van der Waals surface area contributed by atoms with Crippen LogP contribution < -0.4 is 4.90 Å². The second-order valence-corrected chi connectivity index (χ2v) is 9.24. The van der Waals surface area contributed by atoms with Gasteiger partial charge in [0.25, 0.3) is 0 Å². The van der Waals surface area contributed by atoms with Crippen LogP contribution >= 0.6 is 12.4 Å². The summed E-state index contributed by atoms with van der Waals surface area (Å²) in [6.45, 7) is 5.87. The maximum Gasteiger partial charge on any atom is 0.339 e. The third-order valence-electron chi connectivity index (χ3n) is 6.31. The lowest BCUT2D eigenvalue weighted by Crippen LogP contribution is -2.24. The maximum absolute atomic E-state index is 11.5. The van der Waals surface area contributed by atoms with E-state index in [0.717, 1.165) is 54.6 Å². The first-order valence-corrected chi connectivity index (χ1v) is 13.0. The van der Waals surface area contributed by atoms with Gasteiger partial charge in [0, 0.05) is 29.9 Å². The highest BCUT2D eigenvalue weighted by molar-refractivity contribution is 5.92. The van der Waals surface area contributed by atoms with E-state index in [2.05, 4.69) is 67.0 Å². The highest BCUT2D eigenvalue weighted by atomic mass is 35.5. The molecule has 0 amide bonds. The Bertz CT molecular complexity index is 1180. The summed E-state index contributed by atoms with van der Waals surface area (Å²) in [5.74, 6) is 5.17. The zero-order valence-corrected chi connectivity index (χ0v) is 22.7. The number of halogens is 1. The number of aromatic carboxylic acids is 1. The van der Waals surface area contributed by atoms with E-state index in [0.29, 0.717) is 6.54 Å². The highest BCUT2D eigenvalue weighted by Gasteiger charge is 2.14. The first-order valence-electron chi connectivity index (χ1n) is 13.0. The molecule has 0 bridgehead atoms. The van der Waals surface area contributed by atoms with Gasteiger partial charge in [0.05, 0.1) is 0 Å². The summed E-state index contributed by atoms with van der Waals surface area (Å²) in [5.41, 5.74) is 5.18. The number of rotatable bonds is 12. The maximum atomic E-state index is 11.5. The first-order chi connectivity index (χ1) is 17.5. The fourth-order valence-electron chi connectivity index (χ4n) is 4.11. The largest absolute Gasteiger partial charge is 0.507 e. The second-order valence-electron chi connectivity index (χ2n) is 9.24. The molecule has 0 fully saturated rings. The molecule has 0 unspecified atom stereocenters. The smallest absolute Gasteiger partial charge is 0.339 e. The van der Waals surface area contributed by atoms with Gasteiger partial charge in [-0.1, -0.05) is 75.6 Å². The molecule has 0 aliphatic carbocycles. The van der Waals surface area contributed by atoms with E-state index < -0.39 is 5.97 Å². The fraction of sp³-hybridized carbons (Fsp3) is 0.344. The molecule has 0 atom stereocenters. The lowest BCUT2D eigenvalue weighted by atomic mass is 10.1. The van der Waals surface area contributed by atoms with Gasteiger partial charge in [0.15, 0.2) is 0 Å². The summed E-state index contributed by atoms with van der Waals surface area (Å²) in [6.07, 6.45) is 8.02. The minimum Gasteiger partial charge on any atom is -0.507 e. The van der Waals surface area contributed by atoms with Gasteiger partial charge >= 0.3 is 5.97 Å². The van der Waals surface area contributed by atoms with Crippen LogP contribution in [-0.4, -0.2) is 22.7 Å². The molecule has 2 N–H and O–H groups in total. The molecule has 196 valence electrons. The molecule has 0 radical (unpaired) electrons. The number of hydrogen-bond donors (Lipinski definition) is 2. The molecule has 3 aromatic rings. The number of nitrogens with zero attached hydrogens (tertiary/aromatic N) is 1. The summed E-state index contributed by atoms with van der Waals surface area (Å²) in [4.78, 5) is 13.7. The van der Waals surface area contributed by atoms with Gasteiger partial charge < -0.3 is 15.1 Å². The molecule has 4 nitrogen and oxygen atoms in total. The monoisotopic (exact) mass is 519 g/mol. The van der Waals surface area contributed by atoms with Crippen molar-refractivity contribution in [3.63, 3.8) is 0 Å². The minimum atomic E-state index is -1.13. The van der Waals surface area contributed by atoms with Gasteiger partial charge in [0.2, 0.25) is 0 Å². The van der Waals surface area contributed by atoms with E-state index in [1.54, 1.807) is 12.1 Å². The van der Waals surface area contributed by atoms with Crippen LogP contribution in [0.5, 0.6) is 5.75 Å². The van der Waals surface area contributed by atoms with Crippen molar-refractivity contribution in [3.05, 3.63) is 94.5 Å². The molecule has 3 aromatic carbocycles. The normalized spacial score (nSPS) is 10.2. The van der Waals surface area contributed by atoms with Crippen LogP contribution in [0, 0.1) is 11.8 Å². The Hall–Kier alpha value is -3.42. The van der Waals surface area contributed by atoms with Crippen molar-refractivity contribution >= 4 is 24.1 Å². The van der Waals surface area contributed by atoms with Gasteiger partial charge in [-0.05, 0) is 72.9 Å². The summed E-state index contributed by atoms with van der Waals surface area (Å²) in [5, 5.41) is 19.3. The number of hydrogen-bond acceptors (Lipinski definition) is 3. The van der Waals surface area contributed by atoms with Crippen molar-refractivity contribution in [1.82, 2.24) is 0 Å². The number of anilines is 1. The van der Waals surface area contributed by atoms with Gasteiger partial charge in [-0.2, -0.15) is 0 Å². The van der Waals surface area contributed by atoms with Crippen LogP contribution in [-0.2, 0) is 13.0 Å². The number of aryl methyl sites for hydroxylation is 1. The molecule has 0 heterocycles. The number of benzene rings is 3. The highest BCUT2D eigenvalue weighted by Crippen LogP contribution is 2.26. The lowest BCUT2D eigenvalue weighted by molar-refractivity contribution is 0.0693. The van der Waals surface area contributed by atoms with E-state index >= 15 is 0 Å². The Morgan fingerprint density at radius 3 is 1.95 bits per heavy atom. The SMILES string of the molecule is CCCCCCN(Cc1ccc(C#Cc2ccc(CCCC)cc2)cc1)c1ccc(O)c(C(=O)O)c1.Cl. The number of carbonyl (C=O) groups is 1. The summed E-state index contributed by atoms with van der Waals surface area (Å²) >= 11 is 0. The molecule has 0 saturated heterocycles. The first kappa shape index (κ1) is 29.8. The van der Waals surface area contributed by atoms with E-state index in [9.17, 15) is 15.0 Å². The molecule has 0 spiro atoms. The van der Waals surface area contributed by atoms with E-state index in [1.807, 2.05) is 12.1 Å². The van der Waals surface area contributed by atoms with Crippen LogP contribution in [0.3, 0.4) is 0 Å². The Morgan fingerprint density at radius 2 is 1.38 bits per heavy atom. The third kappa shape index (κ3) is 9.52. The molecular formula is C32H38ClNO3. The number of aromatic hydroxyl groups is 1. The van der Waals surface area contributed by atoms with E-state index in [4.69, 9.17) is 0 Å². The molecule has 5 heteroatoms. The summed E-state index contributed by atoms with van der Waals surface area (Å²) in [7, 11) is 0. The van der Waals surface area contributed by atoms with Crippen LogP contribution in [0.1, 0.15) is 85.0 Å². The average molecular weight is 520 g/mol. The number of phenols is 1. The Balaban J connectivity index is 0.00000481. The number of unbranched alkanes of at least 4 members (excludes halogenated alkanes) is 4. The second kappa shape index (κ2) is 15.6. The van der Waals surface area contributed by atoms with Crippen LogP contribution in [0.25, 0.3) is 0 Å². The molecular weight excluding hydrogens is 482 g/mol. The predicted molar refractivity (Wildman–Crippen MR) is 155 cm³/mol. The van der Waals surface area contributed by atoms with Crippen molar-refractivity contribution in [2.75, 3.05) is 11.4 Å². The summed E-state index contributed by atoms with van der Waals surface area (Å²) in [6, 6.07) is 21.5. The van der Waals surface area contributed by atoms with Gasteiger partial charge in [-0.3, -0.25) is 0 Å². The van der Waals surface area contributed by atoms with Crippen molar-refractivity contribution in [3.8, 4) is 17.6 Å². The Labute approximate surface area is 227 Å². The molecule has 37 heavy (non-hydrogen) atoms. The van der Waals surface area contributed by atoms with Gasteiger partial charge in [-0.15, -0.1) is 12.4 Å². The van der Waals surface area contributed by atoms with Crippen molar-refractivity contribution in [2.24, 2.45) is 0 Å². The van der Waals surface area contributed by atoms with Crippen molar-refractivity contribution < 1.29 is 15.0 Å². The minimum absolute atomic E-state index is 0. The molecule has 3 rings (SSSR count). The molecule has 0 aliphatic rings. The average Bonchev–Trinajstić information content (AvgIpc) is 2.89. The van der Waals surface area contributed by atoms with Gasteiger partial charge in [0.1, 0.15) is 11.3 Å². The fourth-order valence-corrected chi connectivity index (χ4v) is 4.11. The number of carboxylic acids is 1. The Kier molecular flexibility index (Phi) is 12.6. The van der Waals surface area contributed by atoms with Crippen LogP contribution in [0.4, 0.5) is 5.69 Å². The zero-order valence-electron chi connectivity index (χ0n) is 21.9. The van der Waals surface area contributed by atoms with Crippen molar-refractivity contribution in [1.29, 1.82) is 0 Å². The topological polar surface area (TPSA) is 60.8 Å². The third-order valence-corrected chi connectivity index (χ3v) is 6.31. The van der Waals surface area contributed by atoms with Crippen LogP contribution in [0.2, 0.25) is 0 Å². The Morgan fingerprint density at radius 1 is 0.784 bits per heavy atom. The molecule has 0 saturated carbocycles. The lowest BCUT2D eigenvalue weighted by Gasteiger charge is -2.25. The van der Waals surface area contributed by atoms with Crippen molar-refractivity contribution in [2.45, 2.75) is 65.3 Å². The van der Waals surface area contributed by atoms with E-state index in [1.165, 1.54) is 30.9 Å². The summed E-state index contributed by atoms with van der Waals surface area (Å²) < 4.78 is 0. The molecule has 0 aliphatic heterocycles. The standard InChI is InChI=1S/C32H37NO3.ClH/c1-3-5-7-8-22-33(29-20-21-31(34)30(23-29)32(35)36)24-28-18-16-27(17-19-28)15-14-26-12-10-25(11-13-26)9-6-4-2;/h10-13,16-21,23,34H,3-9,22,24H2,1-2H3,(H,35,36);1H. The van der Waals surface area contributed by atoms with E-state index in [-0.39, 0.29) is 23.7 Å². The molecule has 0 aromatic heterocycles.